The van der Waals surface area contributed by atoms with E-state index in [-0.39, 0.29) is 5.91 Å². The van der Waals surface area contributed by atoms with Gasteiger partial charge in [-0.2, -0.15) is 0 Å². The molecule has 1 saturated heterocycles. The molecule has 3 heterocycles. The van der Waals surface area contributed by atoms with E-state index in [4.69, 9.17) is 0 Å². The van der Waals surface area contributed by atoms with E-state index in [9.17, 15) is 4.79 Å². The molecule has 1 aliphatic rings. The summed E-state index contributed by atoms with van der Waals surface area (Å²) < 4.78 is 0. The predicted molar refractivity (Wildman–Crippen MR) is 85.7 cm³/mol. The zero-order chi connectivity index (χ0) is 15.2. The smallest absolute Gasteiger partial charge is 0.270 e. The number of pyridine rings is 2. The van der Waals surface area contributed by atoms with Crippen LogP contribution in [0.15, 0.2) is 42.7 Å². The quantitative estimate of drug-likeness (QED) is 0.941. The van der Waals surface area contributed by atoms with Gasteiger partial charge in [-0.05, 0) is 43.0 Å². The number of piperidine rings is 1. The lowest BCUT2D eigenvalue weighted by Crippen LogP contribution is -2.30. The lowest BCUT2D eigenvalue weighted by molar-refractivity contribution is 0.0946. The van der Waals surface area contributed by atoms with E-state index in [2.05, 4.69) is 20.2 Å². The molecule has 1 N–H and O–H groups in total. The van der Waals surface area contributed by atoms with Gasteiger partial charge >= 0.3 is 0 Å². The maximum atomic E-state index is 11.9. The highest BCUT2D eigenvalue weighted by Gasteiger charge is 2.12. The Labute approximate surface area is 130 Å². The molecule has 5 heteroatoms. The van der Waals surface area contributed by atoms with Gasteiger partial charge in [-0.25, -0.2) is 4.98 Å². The topological polar surface area (TPSA) is 58.1 Å². The SMILES string of the molecule is O=C(NCc1ccc(N2CCCCC2)nc1)c1ccccn1. The van der Waals surface area contributed by atoms with Crippen LogP contribution >= 0.6 is 0 Å². The molecule has 0 spiro atoms. The van der Waals surface area contributed by atoms with Crippen LogP contribution in [0.2, 0.25) is 0 Å². The van der Waals surface area contributed by atoms with E-state index in [0.717, 1.165) is 24.5 Å². The number of aromatic nitrogens is 2. The average molecular weight is 296 g/mol. The molecule has 2 aromatic rings. The van der Waals surface area contributed by atoms with Gasteiger partial charge in [0.15, 0.2) is 0 Å². The van der Waals surface area contributed by atoms with Crippen molar-refractivity contribution in [2.45, 2.75) is 25.8 Å². The number of nitrogens with zero attached hydrogens (tertiary/aromatic N) is 3. The highest BCUT2D eigenvalue weighted by atomic mass is 16.1. The van der Waals surface area contributed by atoms with Crippen molar-refractivity contribution < 1.29 is 4.79 Å². The van der Waals surface area contributed by atoms with Crippen molar-refractivity contribution in [3.8, 4) is 0 Å². The molecular weight excluding hydrogens is 276 g/mol. The van der Waals surface area contributed by atoms with Gasteiger partial charge in [-0.1, -0.05) is 12.1 Å². The first-order chi connectivity index (χ1) is 10.8. The fourth-order valence-electron chi connectivity index (χ4n) is 2.60. The van der Waals surface area contributed by atoms with Crippen LogP contribution in [0.5, 0.6) is 0 Å². The van der Waals surface area contributed by atoms with Gasteiger partial charge in [0.2, 0.25) is 0 Å². The molecule has 0 unspecified atom stereocenters. The number of carbonyl (C=O) groups excluding carboxylic acids is 1. The van der Waals surface area contributed by atoms with E-state index in [1.807, 2.05) is 18.3 Å². The largest absolute Gasteiger partial charge is 0.357 e. The van der Waals surface area contributed by atoms with Gasteiger partial charge in [-0.15, -0.1) is 0 Å². The molecule has 0 aliphatic carbocycles. The average Bonchev–Trinajstić information content (AvgIpc) is 2.61. The van der Waals surface area contributed by atoms with Crippen LogP contribution in [-0.4, -0.2) is 29.0 Å². The number of anilines is 1. The van der Waals surface area contributed by atoms with E-state index in [1.165, 1.54) is 19.3 Å². The van der Waals surface area contributed by atoms with Gasteiger partial charge in [0, 0.05) is 32.0 Å². The predicted octanol–water partition coefficient (Wildman–Crippen LogP) is 2.40. The van der Waals surface area contributed by atoms with Crippen molar-refractivity contribution in [1.82, 2.24) is 15.3 Å². The molecule has 1 amide bonds. The third kappa shape index (κ3) is 3.61. The van der Waals surface area contributed by atoms with E-state index < -0.39 is 0 Å². The first-order valence-corrected chi connectivity index (χ1v) is 7.72. The van der Waals surface area contributed by atoms with Crippen LogP contribution in [0.25, 0.3) is 0 Å². The second-order valence-corrected chi connectivity index (χ2v) is 5.47. The maximum absolute atomic E-state index is 11.9. The highest BCUT2D eigenvalue weighted by Crippen LogP contribution is 2.17. The molecule has 0 atom stereocenters. The Hall–Kier alpha value is -2.43. The van der Waals surface area contributed by atoms with Gasteiger partial charge in [-0.3, -0.25) is 9.78 Å². The minimum absolute atomic E-state index is 0.166. The zero-order valence-electron chi connectivity index (χ0n) is 12.5. The Kier molecular flexibility index (Phi) is 4.63. The summed E-state index contributed by atoms with van der Waals surface area (Å²) in [4.78, 5) is 22.8. The Bertz CT molecular complexity index is 606. The minimum atomic E-state index is -0.166. The standard InChI is InChI=1S/C17H20N4O/c22-17(15-6-2-3-9-18-15)20-13-14-7-8-16(19-12-14)21-10-4-1-5-11-21/h2-3,6-9,12H,1,4-5,10-11,13H2,(H,20,22). The molecule has 22 heavy (non-hydrogen) atoms. The molecule has 0 radical (unpaired) electrons. The fourth-order valence-corrected chi connectivity index (χ4v) is 2.60. The number of amides is 1. The Morgan fingerprint density at radius 2 is 1.95 bits per heavy atom. The van der Waals surface area contributed by atoms with Crippen LogP contribution in [-0.2, 0) is 6.54 Å². The number of carbonyl (C=O) groups is 1. The molecule has 5 nitrogen and oxygen atoms in total. The van der Waals surface area contributed by atoms with Crippen LogP contribution in [0, 0.1) is 0 Å². The summed E-state index contributed by atoms with van der Waals surface area (Å²) in [5.41, 5.74) is 1.42. The van der Waals surface area contributed by atoms with Crippen LogP contribution in [0.4, 0.5) is 5.82 Å². The summed E-state index contributed by atoms with van der Waals surface area (Å²) in [7, 11) is 0. The van der Waals surface area contributed by atoms with Crippen molar-refractivity contribution in [2.75, 3.05) is 18.0 Å². The molecule has 0 saturated carbocycles. The first-order valence-electron chi connectivity index (χ1n) is 7.72. The van der Waals surface area contributed by atoms with Crippen molar-refractivity contribution in [2.24, 2.45) is 0 Å². The fraction of sp³-hybridized carbons (Fsp3) is 0.353. The molecule has 0 aromatic carbocycles. The first kappa shape index (κ1) is 14.5. The Balaban J connectivity index is 1.56. The monoisotopic (exact) mass is 296 g/mol. The van der Waals surface area contributed by atoms with Crippen LogP contribution in [0.3, 0.4) is 0 Å². The van der Waals surface area contributed by atoms with Crippen molar-refractivity contribution in [3.05, 3.63) is 54.0 Å². The molecule has 1 aliphatic heterocycles. The van der Waals surface area contributed by atoms with E-state index in [1.54, 1.807) is 24.4 Å². The molecule has 2 aromatic heterocycles. The van der Waals surface area contributed by atoms with Gasteiger partial charge in [0.05, 0.1) is 0 Å². The molecule has 114 valence electrons. The summed E-state index contributed by atoms with van der Waals surface area (Å²) in [5, 5.41) is 2.86. The van der Waals surface area contributed by atoms with Crippen molar-refractivity contribution in [3.63, 3.8) is 0 Å². The Morgan fingerprint density at radius 3 is 2.64 bits per heavy atom. The van der Waals surface area contributed by atoms with Crippen molar-refractivity contribution >= 4 is 11.7 Å². The summed E-state index contributed by atoms with van der Waals surface area (Å²) >= 11 is 0. The number of hydrogen-bond donors (Lipinski definition) is 1. The lowest BCUT2D eigenvalue weighted by atomic mass is 10.1. The Morgan fingerprint density at radius 1 is 1.09 bits per heavy atom. The van der Waals surface area contributed by atoms with Crippen molar-refractivity contribution in [1.29, 1.82) is 0 Å². The zero-order valence-corrected chi connectivity index (χ0v) is 12.5. The van der Waals surface area contributed by atoms with Gasteiger partial charge in [0.1, 0.15) is 11.5 Å². The van der Waals surface area contributed by atoms with E-state index >= 15 is 0 Å². The summed E-state index contributed by atoms with van der Waals surface area (Å²) in [6.07, 6.45) is 7.24. The van der Waals surface area contributed by atoms with Gasteiger partial charge < -0.3 is 10.2 Å². The van der Waals surface area contributed by atoms with Crippen LogP contribution in [0.1, 0.15) is 35.3 Å². The molecular formula is C17H20N4O. The summed E-state index contributed by atoms with van der Waals surface area (Å²) in [5.74, 6) is 0.861. The third-order valence-corrected chi connectivity index (χ3v) is 3.84. The van der Waals surface area contributed by atoms with Gasteiger partial charge in [0.25, 0.3) is 5.91 Å². The summed E-state index contributed by atoms with van der Waals surface area (Å²) in [6, 6.07) is 9.35. The second-order valence-electron chi connectivity index (χ2n) is 5.47. The third-order valence-electron chi connectivity index (χ3n) is 3.84. The number of hydrogen-bond acceptors (Lipinski definition) is 4. The van der Waals surface area contributed by atoms with Crippen LogP contribution < -0.4 is 10.2 Å². The summed E-state index contributed by atoms with van der Waals surface area (Å²) in [6.45, 7) is 2.63. The minimum Gasteiger partial charge on any atom is -0.357 e. The normalized spacial score (nSPS) is 14.6. The lowest BCUT2D eigenvalue weighted by Gasteiger charge is -2.27. The van der Waals surface area contributed by atoms with E-state index in [0.29, 0.717) is 12.2 Å². The number of rotatable bonds is 4. The molecule has 3 rings (SSSR count). The molecule has 1 fully saturated rings. The maximum Gasteiger partial charge on any atom is 0.270 e. The number of nitrogens with one attached hydrogen (secondary N) is 1. The molecule has 0 bridgehead atoms. The second kappa shape index (κ2) is 7.02. The highest BCUT2D eigenvalue weighted by molar-refractivity contribution is 5.92.